The number of aliphatic hydroxyl groups is 1. The van der Waals surface area contributed by atoms with Crippen LogP contribution in [0.4, 0.5) is 0 Å². The van der Waals surface area contributed by atoms with Crippen molar-refractivity contribution in [3.8, 4) is 0 Å². The van der Waals surface area contributed by atoms with E-state index in [1.807, 2.05) is 0 Å². The summed E-state index contributed by atoms with van der Waals surface area (Å²) < 4.78 is 10.8. The van der Waals surface area contributed by atoms with E-state index < -0.39 is 0 Å². The van der Waals surface area contributed by atoms with E-state index in [0.29, 0.717) is 19.8 Å². The lowest BCUT2D eigenvalue weighted by atomic mass is 10.2. The maximum Gasteiger partial charge on any atom is 0.0900 e. The van der Waals surface area contributed by atoms with Crippen molar-refractivity contribution >= 4 is 0 Å². The molecule has 1 aliphatic rings. The summed E-state index contributed by atoms with van der Waals surface area (Å²) in [6.07, 6.45) is 3.15. The van der Waals surface area contributed by atoms with E-state index in [1.165, 1.54) is 6.42 Å². The van der Waals surface area contributed by atoms with Crippen LogP contribution in [0.15, 0.2) is 0 Å². The van der Waals surface area contributed by atoms with Gasteiger partial charge in [0.15, 0.2) is 0 Å². The van der Waals surface area contributed by atoms with Crippen LogP contribution in [-0.2, 0) is 9.47 Å². The van der Waals surface area contributed by atoms with Crippen molar-refractivity contribution in [2.45, 2.75) is 39.2 Å². The predicted molar refractivity (Wildman–Crippen MR) is 72.8 cm³/mol. The SMILES string of the molecule is CCCCOCCOCC(O)CN1CCC(C)C1. The van der Waals surface area contributed by atoms with Gasteiger partial charge in [-0.2, -0.15) is 0 Å². The standard InChI is InChI=1S/C14H29NO3/c1-3-4-7-17-8-9-18-12-14(16)11-15-6-5-13(2)10-15/h13-14,16H,3-12H2,1-2H3. The van der Waals surface area contributed by atoms with Gasteiger partial charge in [-0.3, -0.25) is 0 Å². The second-order valence-electron chi connectivity index (χ2n) is 5.35. The molecule has 1 aliphatic heterocycles. The number of ether oxygens (including phenoxy) is 2. The van der Waals surface area contributed by atoms with Crippen LogP contribution in [0.25, 0.3) is 0 Å². The van der Waals surface area contributed by atoms with E-state index in [9.17, 15) is 5.11 Å². The first-order valence-electron chi connectivity index (χ1n) is 7.28. The Morgan fingerprint density at radius 2 is 2.06 bits per heavy atom. The second kappa shape index (κ2) is 9.73. The summed E-state index contributed by atoms with van der Waals surface area (Å²) in [4.78, 5) is 2.32. The summed E-state index contributed by atoms with van der Waals surface area (Å²) in [6, 6.07) is 0. The van der Waals surface area contributed by atoms with Gasteiger partial charge in [-0.15, -0.1) is 0 Å². The normalized spacial score (nSPS) is 22.5. The first-order valence-corrected chi connectivity index (χ1v) is 7.28. The van der Waals surface area contributed by atoms with Crippen LogP contribution in [0.2, 0.25) is 0 Å². The molecule has 0 spiro atoms. The Kier molecular flexibility index (Phi) is 8.59. The van der Waals surface area contributed by atoms with Gasteiger partial charge in [0.2, 0.25) is 0 Å². The fourth-order valence-corrected chi connectivity index (χ4v) is 2.23. The van der Waals surface area contributed by atoms with E-state index in [2.05, 4.69) is 18.7 Å². The quantitative estimate of drug-likeness (QED) is 0.604. The summed E-state index contributed by atoms with van der Waals surface area (Å²) in [5, 5.41) is 9.83. The van der Waals surface area contributed by atoms with Crippen molar-refractivity contribution in [2.24, 2.45) is 5.92 Å². The smallest absolute Gasteiger partial charge is 0.0900 e. The van der Waals surface area contributed by atoms with Crippen molar-refractivity contribution in [1.82, 2.24) is 4.90 Å². The number of likely N-dealkylation sites (tertiary alicyclic amines) is 1. The zero-order valence-electron chi connectivity index (χ0n) is 11.9. The minimum atomic E-state index is -0.369. The topological polar surface area (TPSA) is 41.9 Å². The van der Waals surface area contributed by atoms with Gasteiger partial charge in [0.05, 0.1) is 25.9 Å². The zero-order valence-corrected chi connectivity index (χ0v) is 11.9. The molecule has 18 heavy (non-hydrogen) atoms. The number of hydrogen-bond donors (Lipinski definition) is 1. The van der Waals surface area contributed by atoms with Gasteiger partial charge < -0.3 is 19.5 Å². The first kappa shape index (κ1) is 15.9. The lowest BCUT2D eigenvalue weighted by molar-refractivity contribution is -0.00592. The second-order valence-corrected chi connectivity index (χ2v) is 5.35. The third-order valence-corrected chi connectivity index (χ3v) is 3.30. The Balaban J connectivity index is 1.89. The molecule has 1 heterocycles. The third kappa shape index (κ3) is 7.31. The molecule has 2 unspecified atom stereocenters. The van der Waals surface area contributed by atoms with Gasteiger partial charge in [-0.25, -0.2) is 0 Å². The lowest BCUT2D eigenvalue weighted by Gasteiger charge is -2.19. The van der Waals surface area contributed by atoms with Crippen molar-refractivity contribution in [2.75, 3.05) is 46.1 Å². The van der Waals surface area contributed by atoms with Gasteiger partial charge in [0.25, 0.3) is 0 Å². The maximum atomic E-state index is 9.83. The molecule has 0 saturated carbocycles. The predicted octanol–water partition coefficient (Wildman–Crippen LogP) is 1.52. The molecular formula is C14H29NO3. The summed E-state index contributed by atoms with van der Waals surface area (Å²) in [6.45, 7) is 9.81. The molecule has 1 saturated heterocycles. The van der Waals surface area contributed by atoms with Crippen LogP contribution in [0.3, 0.4) is 0 Å². The summed E-state index contributed by atoms with van der Waals surface area (Å²) >= 11 is 0. The molecule has 0 amide bonds. The van der Waals surface area contributed by atoms with Crippen LogP contribution in [0.1, 0.15) is 33.1 Å². The average Bonchev–Trinajstić information content (AvgIpc) is 2.73. The van der Waals surface area contributed by atoms with Crippen molar-refractivity contribution < 1.29 is 14.6 Å². The average molecular weight is 259 g/mol. The van der Waals surface area contributed by atoms with Crippen LogP contribution in [0.5, 0.6) is 0 Å². The molecule has 4 nitrogen and oxygen atoms in total. The number of aliphatic hydroxyl groups excluding tert-OH is 1. The fourth-order valence-electron chi connectivity index (χ4n) is 2.23. The molecule has 1 fully saturated rings. The van der Waals surface area contributed by atoms with Gasteiger partial charge in [-0.05, 0) is 25.3 Å². The number of hydrogen-bond acceptors (Lipinski definition) is 4. The molecular weight excluding hydrogens is 230 g/mol. The van der Waals surface area contributed by atoms with Gasteiger partial charge in [0, 0.05) is 19.7 Å². The molecule has 0 radical (unpaired) electrons. The molecule has 0 bridgehead atoms. The van der Waals surface area contributed by atoms with Crippen molar-refractivity contribution in [3.05, 3.63) is 0 Å². The third-order valence-electron chi connectivity index (χ3n) is 3.30. The molecule has 108 valence electrons. The van der Waals surface area contributed by atoms with Gasteiger partial charge in [0.1, 0.15) is 0 Å². The highest BCUT2D eigenvalue weighted by Crippen LogP contribution is 2.14. The van der Waals surface area contributed by atoms with Crippen LogP contribution < -0.4 is 0 Å². The Morgan fingerprint density at radius 1 is 1.28 bits per heavy atom. The highest BCUT2D eigenvalue weighted by atomic mass is 16.5. The minimum absolute atomic E-state index is 0.369. The van der Waals surface area contributed by atoms with Crippen LogP contribution in [0, 0.1) is 5.92 Å². The van der Waals surface area contributed by atoms with E-state index in [1.54, 1.807) is 0 Å². The minimum Gasteiger partial charge on any atom is -0.389 e. The molecule has 0 aliphatic carbocycles. The molecule has 1 rings (SSSR count). The Morgan fingerprint density at radius 3 is 2.72 bits per heavy atom. The zero-order chi connectivity index (χ0) is 13.2. The van der Waals surface area contributed by atoms with E-state index in [-0.39, 0.29) is 6.10 Å². The Labute approximate surface area is 111 Å². The molecule has 1 N–H and O–H groups in total. The summed E-state index contributed by atoms with van der Waals surface area (Å²) in [7, 11) is 0. The molecule has 0 aromatic carbocycles. The molecule has 4 heteroatoms. The van der Waals surface area contributed by atoms with E-state index >= 15 is 0 Å². The van der Waals surface area contributed by atoms with E-state index in [0.717, 1.165) is 45.0 Å². The van der Waals surface area contributed by atoms with Gasteiger partial charge in [-0.1, -0.05) is 20.3 Å². The van der Waals surface area contributed by atoms with Crippen molar-refractivity contribution in [3.63, 3.8) is 0 Å². The highest BCUT2D eigenvalue weighted by Gasteiger charge is 2.20. The summed E-state index contributed by atoms with van der Waals surface area (Å²) in [5.74, 6) is 0.769. The largest absolute Gasteiger partial charge is 0.389 e. The maximum absolute atomic E-state index is 9.83. The number of β-amino-alcohol motifs (C(OH)–C–C–N with tert-alkyl or cyclic N) is 1. The van der Waals surface area contributed by atoms with Crippen LogP contribution >= 0.6 is 0 Å². The van der Waals surface area contributed by atoms with Crippen LogP contribution in [-0.4, -0.2) is 62.2 Å². The monoisotopic (exact) mass is 259 g/mol. The lowest BCUT2D eigenvalue weighted by Crippen LogP contribution is -2.33. The molecule has 2 atom stereocenters. The first-order chi connectivity index (χ1) is 8.72. The highest BCUT2D eigenvalue weighted by molar-refractivity contribution is 4.74. The molecule has 0 aromatic rings. The number of rotatable bonds is 10. The number of unbranched alkanes of at least 4 members (excludes halogenated alkanes) is 1. The Hall–Kier alpha value is -0.160. The van der Waals surface area contributed by atoms with E-state index in [4.69, 9.17) is 9.47 Å². The Bertz CT molecular complexity index is 201. The number of nitrogens with zero attached hydrogens (tertiary/aromatic N) is 1. The van der Waals surface area contributed by atoms with Crippen molar-refractivity contribution in [1.29, 1.82) is 0 Å². The fraction of sp³-hybridized carbons (Fsp3) is 1.00. The van der Waals surface area contributed by atoms with Gasteiger partial charge >= 0.3 is 0 Å². The molecule has 0 aromatic heterocycles. The summed E-state index contributed by atoms with van der Waals surface area (Å²) in [5.41, 5.74) is 0.